The van der Waals surface area contributed by atoms with Crippen molar-refractivity contribution in [1.29, 1.82) is 0 Å². The normalized spacial score (nSPS) is 34.4. The maximum absolute atomic E-state index is 11.9. The van der Waals surface area contributed by atoms with Crippen molar-refractivity contribution in [2.45, 2.75) is 31.2 Å². The van der Waals surface area contributed by atoms with Gasteiger partial charge in [0.15, 0.2) is 0 Å². The smallest absolute Gasteiger partial charge is 0.228 e. The van der Waals surface area contributed by atoms with Gasteiger partial charge in [-0.15, -0.1) is 0 Å². The molecule has 1 aliphatic heterocycles. The lowest BCUT2D eigenvalue weighted by molar-refractivity contribution is -0.127. The molecule has 0 radical (unpaired) electrons. The highest BCUT2D eigenvalue weighted by atomic mass is 16.2. The van der Waals surface area contributed by atoms with Crippen LogP contribution in [0, 0.1) is 5.41 Å². The van der Waals surface area contributed by atoms with Gasteiger partial charge in [0.05, 0.1) is 5.41 Å². The number of amides is 1. The Labute approximate surface area is 78.5 Å². The van der Waals surface area contributed by atoms with E-state index in [1.807, 2.05) is 0 Å². The van der Waals surface area contributed by atoms with E-state index < -0.39 is 0 Å². The number of carbonyl (C=O) groups excluding carboxylic acids is 1. The zero-order chi connectivity index (χ0) is 9.10. The molecule has 2 spiro atoms. The molecular weight excluding hydrogens is 164 g/mol. The Hall–Kier alpha value is -0.570. The highest BCUT2D eigenvalue weighted by Gasteiger charge is 2.71. The summed E-state index contributed by atoms with van der Waals surface area (Å²) in [5.41, 5.74) is 0.297. The zero-order valence-electron chi connectivity index (χ0n) is 8.10. The third-order valence-corrected chi connectivity index (χ3v) is 4.26. The van der Waals surface area contributed by atoms with Crippen molar-refractivity contribution in [2.24, 2.45) is 5.41 Å². The molecule has 0 aromatic carbocycles. The van der Waals surface area contributed by atoms with E-state index in [1.165, 1.54) is 12.8 Å². The van der Waals surface area contributed by atoms with Crippen molar-refractivity contribution in [3.8, 4) is 0 Å². The van der Waals surface area contributed by atoms with Crippen LogP contribution in [0.5, 0.6) is 0 Å². The van der Waals surface area contributed by atoms with Crippen LogP contribution in [0.3, 0.4) is 0 Å². The minimum absolute atomic E-state index is 0.0260. The fraction of sp³-hybridized carbons (Fsp3) is 0.900. The van der Waals surface area contributed by atoms with Gasteiger partial charge >= 0.3 is 0 Å². The van der Waals surface area contributed by atoms with Gasteiger partial charge in [-0.05, 0) is 32.7 Å². The average molecular weight is 180 g/mol. The maximum atomic E-state index is 11.9. The molecule has 0 unspecified atom stereocenters. The molecule has 1 saturated heterocycles. The van der Waals surface area contributed by atoms with E-state index in [0.29, 0.717) is 5.91 Å². The quantitative estimate of drug-likeness (QED) is 0.584. The van der Waals surface area contributed by atoms with Crippen molar-refractivity contribution < 1.29 is 4.79 Å². The van der Waals surface area contributed by atoms with Crippen molar-refractivity contribution in [3.63, 3.8) is 0 Å². The van der Waals surface area contributed by atoms with Gasteiger partial charge in [-0.2, -0.15) is 0 Å². The fourth-order valence-electron chi connectivity index (χ4n) is 3.09. The van der Waals surface area contributed by atoms with Crippen LogP contribution in [0.2, 0.25) is 0 Å². The van der Waals surface area contributed by atoms with Crippen LogP contribution >= 0.6 is 0 Å². The number of carbonyl (C=O) groups is 1. The first-order valence-corrected chi connectivity index (χ1v) is 5.21. The Balaban J connectivity index is 2.00. The molecule has 2 aliphatic carbocycles. The third kappa shape index (κ3) is 0.766. The van der Waals surface area contributed by atoms with Crippen molar-refractivity contribution in [3.05, 3.63) is 0 Å². The number of hydrogen-bond acceptors (Lipinski definition) is 2. The minimum Gasteiger partial charge on any atom is -0.354 e. The number of rotatable bonds is 0. The van der Waals surface area contributed by atoms with Gasteiger partial charge in [-0.3, -0.25) is 9.69 Å². The highest BCUT2D eigenvalue weighted by molar-refractivity contribution is 5.88. The summed E-state index contributed by atoms with van der Waals surface area (Å²) in [4.78, 5) is 14.3. The molecule has 3 heteroatoms. The standard InChI is InChI=1S/C10H16N2O/c1-12-7-6-11-8(13)9(2-3-9)10(12)4-5-10/h2-7H2,1H3,(H,11,13). The topological polar surface area (TPSA) is 32.3 Å². The largest absolute Gasteiger partial charge is 0.354 e. The number of nitrogens with zero attached hydrogens (tertiary/aromatic N) is 1. The molecule has 3 fully saturated rings. The molecule has 3 aliphatic rings. The zero-order valence-corrected chi connectivity index (χ0v) is 8.10. The Morgan fingerprint density at radius 1 is 1.31 bits per heavy atom. The van der Waals surface area contributed by atoms with Crippen LogP contribution in [-0.2, 0) is 4.79 Å². The summed E-state index contributed by atoms with van der Waals surface area (Å²) in [6.07, 6.45) is 4.69. The number of hydrogen-bond donors (Lipinski definition) is 1. The molecule has 0 aromatic rings. The van der Waals surface area contributed by atoms with E-state index in [4.69, 9.17) is 0 Å². The Morgan fingerprint density at radius 3 is 2.54 bits per heavy atom. The Kier molecular flexibility index (Phi) is 1.25. The van der Waals surface area contributed by atoms with Crippen LogP contribution in [0.4, 0.5) is 0 Å². The number of nitrogens with one attached hydrogen (secondary N) is 1. The van der Waals surface area contributed by atoms with E-state index in [2.05, 4.69) is 17.3 Å². The first-order valence-electron chi connectivity index (χ1n) is 5.21. The summed E-state index contributed by atoms with van der Waals surface area (Å²) in [7, 11) is 2.17. The lowest BCUT2D eigenvalue weighted by atomic mass is 9.92. The van der Waals surface area contributed by atoms with Crippen molar-refractivity contribution in [1.82, 2.24) is 10.2 Å². The second-order valence-corrected chi connectivity index (χ2v) is 4.79. The van der Waals surface area contributed by atoms with Gasteiger partial charge in [0.25, 0.3) is 0 Å². The monoisotopic (exact) mass is 180 g/mol. The molecule has 0 atom stereocenters. The second kappa shape index (κ2) is 2.08. The maximum Gasteiger partial charge on any atom is 0.228 e. The van der Waals surface area contributed by atoms with E-state index in [-0.39, 0.29) is 11.0 Å². The molecule has 3 nitrogen and oxygen atoms in total. The summed E-state index contributed by atoms with van der Waals surface area (Å²) in [6, 6.07) is 0. The van der Waals surface area contributed by atoms with Gasteiger partial charge in [0.1, 0.15) is 0 Å². The molecule has 3 rings (SSSR count). The highest BCUT2D eigenvalue weighted by Crippen LogP contribution is 2.67. The van der Waals surface area contributed by atoms with E-state index in [1.54, 1.807) is 0 Å². The summed E-state index contributed by atoms with van der Waals surface area (Å²) in [6.45, 7) is 1.85. The van der Waals surface area contributed by atoms with Crippen LogP contribution in [0.25, 0.3) is 0 Å². The second-order valence-electron chi connectivity index (χ2n) is 4.79. The first kappa shape index (κ1) is 7.80. The lowest BCUT2D eigenvalue weighted by Crippen LogP contribution is -2.44. The number of fused-ring (bicyclic) bond motifs is 1. The van der Waals surface area contributed by atoms with Gasteiger partial charge in [0, 0.05) is 18.6 Å². The summed E-state index contributed by atoms with van der Waals surface area (Å²) >= 11 is 0. The Bertz CT molecular complexity index is 266. The van der Waals surface area contributed by atoms with Crippen LogP contribution < -0.4 is 5.32 Å². The van der Waals surface area contributed by atoms with Crippen LogP contribution in [-0.4, -0.2) is 36.5 Å². The molecule has 72 valence electrons. The molecular formula is C10H16N2O. The Morgan fingerprint density at radius 2 is 2.00 bits per heavy atom. The molecule has 1 heterocycles. The SMILES string of the molecule is CN1CCNC(=O)C2(CC2)C12CC2. The molecule has 2 saturated carbocycles. The predicted octanol–water partition coefficient (Wildman–Crippen LogP) is 0.361. The van der Waals surface area contributed by atoms with Gasteiger partial charge < -0.3 is 5.32 Å². The first-order chi connectivity index (χ1) is 6.21. The third-order valence-electron chi connectivity index (χ3n) is 4.26. The van der Waals surface area contributed by atoms with Gasteiger partial charge in [-0.1, -0.05) is 0 Å². The summed E-state index contributed by atoms with van der Waals surface area (Å²) < 4.78 is 0. The summed E-state index contributed by atoms with van der Waals surface area (Å²) in [5, 5.41) is 3.04. The minimum atomic E-state index is 0.0260. The van der Waals surface area contributed by atoms with Crippen molar-refractivity contribution >= 4 is 5.91 Å². The fourth-order valence-corrected chi connectivity index (χ4v) is 3.09. The van der Waals surface area contributed by atoms with Crippen molar-refractivity contribution in [2.75, 3.05) is 20.1 Å². The van der Waals surface area contributed by atoms with Crippen LogP contribution in [0.1, 0.15) is 25.7 Å². The predicted molar refractivity (Wildman–Crippen MR) is 49.3 cm³/mol. The molecule has 0 aromatic heterocycles. The van der Waals surface area contributed by atoms with Crippen LogP contribution in [0.15, 0.2) is 0 Å². The van der Waals surface area contributed by atoms with Gasteiger partial charge in [-0.25, -0.2) is 0 Å². The number of likely N-dealkylation sites (N-methyl/N-ethyl adjacent to an activating group) is 1. The molecule has 13 heavy (non-hydrogen) atoms. The molecule has 1 amide bonds. The van der Waals surface area contributed by atoms with Gasteiger partial charge in [0.2, 0.25) is 5.91 Å². The van der Waals surface area contributed by atoms with E-state index >= 15 is 0 Å². The van der Waals surface area contributed by atoms with E-state index in [0.717, 1.165) is 25.9 Å². The molecule has 1 N–H and O–H groups in total. The lowest BCUT2D eigenvalue weighted by Gasteiger charge is -2.30. The summed E-state index contributed by atoms with van der Waals surface area (Å²) in [5.74, 6) is 0.328. The average Bonchev–Trinajstić information content (AvgIpc) is 2.96. The van der Waals surface area contributed by atoms with E-state index in [9.17, 15) is 4.79 Å². The molecule has 0 bridgehead atoms.